The van der Waals surface area contributed by atoms with E-state index in [1.165, 1.54) is 24.3 Å². The first-order valence-corrected chi connectivity index (χ1v) is 6.16. The van der Waals surface area contributed by atoms with E-state index in [-0.39, 0.29) is 36.1 Å². The lowest BCUT2D eigenvalue weighted by Gasteiger charge is -2.20. The van der Waals surface area contributed by atoms with Gasteiger partial charge < -0.3 is 15.7 Å². The van der Waals surface area contributed by atoms with Crippen molar-refractivity contribution < 1.29 is 14.7 Å². The van der Waals surface area contributed by atoms with E-state index in [9.17, 15) is 9.59 Å². The molecule has 0 radical (unpaired) electrons. The van der Waals surface area contributed by atoms with Crippen LogP contribution in [-0.2, 0) is 4.79 Å². The summed E-state index contributed by atoms with van der Waals surface area (Å²) in [5.41, 5.74) is 0.187. The van der Waals surface area contributed by atoms with Gasteiger partial charge >= 0.3 is 0 Å². The standard InChI is InChI=1S/C14H20N2O3/c1-14(2,3)16-12(18)8-9-15-13(19)10-4-6-11(17)7-5-10/h4-7,17H,8-9H2,1-3H3,(H,15,19)(H,16,18). The smallest absolute Gasteiger partial charge is 0.251 e. The van der Waals surface area contributed by atoms with Gasteiger partial charge in [0.1, 0.15) is 5.75 Å². The molecule has 0 aliphatic carbocycles. The van der Waals surface area contributed by atoms with Crippen molar-refractivity contribution in [2.45, 2.75) is 32.7 Å². The average molecular weight is 264 g/mol. The minimum atomic E-state index is -0.266. The molecule has 1 aromatic rings. The third kappa shape index (κ3) is 5.90. The summed E-state index contributed by atoms with van der Waals surface area (Å²) >= 11 is 0. The minimum absolute atomic E-state index is 0.0986. The topological polar surface area (TPSA) is 78.4 Å². The molecule has 19 heavy (non-hydrogen) atoms. The number of hydrogen-bond acceptors (Lipinski definition) is 3. The lowest BCUT2D eigenvalue weighted by Crippen LogP contribution is -2.41. The summed E-state index contributed by atoms with van der Waals surface area (Å²) in [6, 6.07) is 5.95. The van der Waals surface area contributed by atoms with Crippen molar-refractivity contribution in [2.24, 2.45) is 0 Å². The van der Waals surface area contributed by atoms with Gasteiger partial charge in [-0.25, -0.2) is 0 Å². The fourth-order valence-corrected chi connectivity index (χ4v) is 1.49. The molecule has 3 N–H and O–H groups in total. The van der Waals surface area contributed by atoms with Crippen molar-refractivity contribution in [3.63, 3.8) is 0 Å². The van der Waals surface area contributed by atoms with Gasteiger partial charge in [0.25, 0.3) is 5.91 Å². The maximum Gasteiger partial charge on any atom is 0.251 e. The molecule has 0 unspecified atom stereocenters. The molecule has 5 heteroatoms. The third-order valence-electron chi connectivity index (χ3n) is 2.28. The van der Waals surface area contributed by atoms with Gasteiger partial charge in [-0.15, -0.1) is 0 Å². The molecule has 1 aromatic carbocycles. The number of phenolic OH excluding ortho intramolecular Hbond substituents is 1. The fraction of sp³-hybridized carbons (Fsp3) is 0.429. The van der Waals surface area contributed by atoms with Gasteiger partial charge in [-0.2, -0.15) is 0 Å². The van der Waals surface area contributed by atoms with Gasteiger partial charge in [0, 0.05) is 24.1 Å². The number of aromatic hydroxyl groups is 1. The number of carbonyl (C=O) groups excluding carboxylic acids is 2. The van der Waals surface area contributed by atoms with Crippen molar-refractivity contribution >= 4 is 11.8 Å². The predicted molar refractivity (Wildman–Crippen MR) is 73.0 cm³/mol. The number of amides is 2. The summed E-state index contributed by atoms with van der Waals surface area (Å²) in [7, 11) is 0. The van der Waals surface area contributed by atoms with E-state index < -0.39 is 0 Å². The molecule has 0 spiro atoms. The lowest BCUT2D eigenvalue weighted by atomic mass is 10.1. The van der Waals surface area contributed by atoms with Crippen molar-refractivity contribution in [2.75, 3.05) is 6.54 Å². The number of rotatable bonds is 4. The summed E-state index contributed by atoms with van der Waals surface area (Å²) in [4.78, 5) is 23.2. The zero-order valence-electron chi connectivity index (χ0n) is 11.5. The van der Waals surface area contributed by atoms with Crippen LogP contribution in [-0.4, -0.2) is 29.0 Å². The van der Waals surface area contributed by atoms with Gasteiger partial charge in [-0.1, -0.05) is 0 Å². The number of benzene rings is 1. The third-order valence-corrected chi connectivity index (χ3v) is 2.28. The summed E-state index contributed by atoms with van der Waals surface area (Å²) in [5.74, 6) is -0.247. The van der Waals surface area contributed by atoms with E-state index in [2.05, 4.69) is 10.6 Å². The van der Waals surface area contributed by atoms with Gasteiger partial charge in [0.15, 0.2) is 0 Å². The highest BCUT2D eigenvalue weighted by atomic mass is 16.3. The summed E-state index contributed by atoms with van der Waals surface area (Å²) in [5, 5.41) is 14.6. The molecular weight excluding hydrogens is 244 g/mol. The van der Waals surface area contributed by atoms with Gasteiger partial charge in [0.2, 0.25) is 5.91 Å². The molecule has 0 heterocycles. The highest BCUT2D eigenvalue weighted by Crippen LogP contribution is 2.09. The molecule has 0 aliphatic heterocycles. The zero-order chi connectivity index (χ0) is 14.5. The molecule has 104 valence electrons. The van der Waals surface area contributed by atoms with E-state index in [1.807, 2.05) is 20.8 Å². The molecule has 0 aromatic heterocycles. The van der Waals surface area contributed by atoms with Crippen LogP contribution in [0.25, 0.3) is 0 Å². The molecule has 2 amide bonds. The monoisotopic (exact) mass is 264 g/mol. The number of hydrogen-bond donors (Lipinski definition) is 3. The van der Waals surface area contributed by atoms with Crippen LogP contribution < -0.4 is 10.6 Å². The second-order valence-electron chi connectivity index (χ2n) is 5.35. The molecule has 0 aliphatic rings. The number of carbonyl (C=O) groups is 2. The SMILES string of the molecule is CC(C)(C)NC(=O)CCNC(=O)c1ccc(O)cc1. The predicted octanol–water partition coefficient (Wildman–Crippen LogP) is 1.43. The van der Waals surface area contributed by atoms with Crippen LogP contribution in [0.3, 0.4) is 0 Å². The Morgan fingerprint density at radius 2 is 1.74 bits per heavy atom. The Labute approximate surface area is 113 Å². The molecule has 0 bridgehead atoms. The molecule has 0 atom stereocenters. The highest BCUT2D eigenvalue weighted by molar-refractivity contribution is 5.94. The maximum atomic E-state index is 11.7. The van der Waals surface area contributed by atoms with E-state index in [4.69, 9.17) is 5.11 Å². The Hall–Kier alpha value is -2.04. The molecule has 5 nitrogen and oxygen atoms in total. The molecule has 0 saturated heterocycles. The summed E-state index contributed by atoms with van der Waals surface area (Å²) in [6.07, 6.45) is 0.237. The quantitative estimate of drug-likeness (QED) is 0.769. The largest absolute Gasteiger partial charge is 0.508 e. The van der Waals surface area contributed by atoms with E-state index in [0.717, 1.165) is 0 Å². The number of nitrogens with one attached hydrogen (secondary N) is 2. The first kappa shape index (κ1) is 15.0. The Balaban J connectivity index is 2.35. The Bertz CT molecular complexity index is 447. The van der Waals surface area contributed by atoms with Crippen molar-refractivity contribution in [1.29, 1.82) is 0 Å². The molecule has 0 fully saturated rings. The average Bonchev–Trinajstić information content (AvgIpc) is 2.27. The zero-order valence-corrected chi connectivity index (χ0v) is 11.5. The van der Waals surface area contributed by atoms with E-state index in [0.29, 0.717) is 5.56 Å². The van der Waals surface area contributed by atoms with Crippen LogP contribution in [0, 0.1) is 0 Å². The van der Waals surface area contributed by atoms with Crippen LogP contribution in [0.5, 0.6) is 5.75 Å². The van der Waals surface area contributed by atoms with Crippen LogP contribution >= 0.6 is 0 Å². The summed E-state index contributed by atoms with van der Waals surface area (Å²) in [6.45, 7) is 5.99. The molecule has 1 rings (SSSR count). The van der Waals surface area contributed by atoms with Gasteiger partial charge in [-0.3, -0.25) is 9.59 Å². The van der Waals surface area contributed by atoms with E-state index in [1.54, 1.807) is 0 Å². The lowest BCUT2D eigenvalue weighted by molar-refractivity contribution is -0.122. The Morgan fingerprint density at radius 3 is 2.26 bits per heavy atom. The van der Waals surface area contributed by atoms with Crippen LogP contribution in [0.2, 0.25) is 0 Å². The Kier molecular flexibility index (Phi) is 4.92. The van der Waals surface area contributed by atoms with Crippen molar-refractivity contribution in [3.8, 4) is 5.75 Å². The van der Waals surface area contributed by atoms with E-state index >= 15 is 0 Å². The first-order chi connectivity index (χ1) is 8.78. The second-order valence-corrected chi connectivity index (χ2v) is 5.35. The molecule has 0 saturated carbocycles. The minimum Gasteiger partial charge on any atom is -0.508 e. The molecular formula is C14H20N2O3. The fourth-order valence-electron chi connectivity index (χ4n) is 1.49. The van der Waals surface area contributed by atoms with Gasteiger partial charge in [0.05, 0.1) is 0 Å². The highest BCUT2D eigenvalue weighted by Gasteiger charge is 2.13. The summed E-state index contributed by atoms with van der Waals surface area (Å²) < 4.78 is 0. The van der Waals surface area contributed by atoms with Crippen LogP contribution in [0.1, 0.15) is 37.6 Å². The van der Waals surface area contributed by atoms with Crippen molar-refractivity contribution in [1.82, 2.24) is 10.6 Å². The maximum absolute atomic E-state index is 11.7. The first-order valence-electron chi connectivity index (χ1n) is 6.16. The number of phenols is 1. The normalized spacial score (nSPS) is 10.9. The Morgan fingerprint density at radius 1 is 1.16 bits per heavy atom. The van der Waals surface area contributed by atoms with Gasteiger partial charge in [-0.05, 0) is 45.0 Å². The van der Waals surface area contributed by atoms with Crippen LogP contribution in [0.4, 0.5) is 0 Å². The van der Waals surface area contributed by atoms with Crippen LogP contribution in [0.15, 0.2) is 24.3 Å². The van der Waals surface area contributed by atoms with Crippen molar-refractivity contribution in [3.05, 3.63) is 29.8 Å². The second kappa shape index (κ2) is 6.22.